The van der Waals surface area contributed by atoms with Gasteiger partial charge in [0.25, 0.3) is 0 Å². The number of nitrogens with zero attached hydrogens (tertiary/aromatic N) is 1. The number of benzene rings is 1. The Hall–Kier alpha value is -0.520. The molecule has 122 valence electrons. The van der Waals surface area contributed by atoms with Gasteiger partial charge in [0.15, 0.2) is 0 Å². The molecule has 0 aromatic heterocycles. The number of nitrogens with one attached hydrogen (secondary N) is 1. The first-order valence-electron chi connectivity index (χ1n) is 8.26. The van der Waals surface area contributed by atoms with Crippen molar-refractivity contribution in [3.8, 4) is 0 Å². The normalized spacial score (nSPS) is 22.7. The molecule has 1 aliphatic carbocycles. The Morgan fingerprint density at radius 1 is 1.09 bits per heavy atom. The summed E-state index contributed by atoms with van der Waals surface area (Å²) in [6, 6.07) is 2.71. The molecule has 0 radical (unpaired) electrons. The average molecular weight is 373 g/mol. The summed E-state index contributed by atoms with van der Waals surface area (Å²) in [5.41, 5.74) is 0.267. The Bertz CT molecular complexity index is 494. The van der Waals surface area contributed by atoms with Gasteiger partial charge in [0.1, 0.15) is 11.6 Å². The van der Waals surface area contributed by atoms with Gasteiger partial charge >= 0.3 is 0 Å². The fraction of sp³-hybridized carbons (Fsp3) is 0.647. The van der Waals surface area contributed by atoms with Gasteiger partial charge in [-0.25, -0.2) is 8.78 Å². The highest BCUT2D eigenvalue weighted by Crippen LogP contribution is 2.41. The molecule has 0 spiro atoms. The predicted octanol–water partition coefficient (Wildman–Crippen LogP) is 4.25. The quantitative estimate of drug-likeness (QED) is 0.797. The third-order valence-electron chi connectivity index (χ3n) is 5.02. The lowest BCUT2D eigenvalue weighted by Crippen LogP contribution is -2.47. The van der Waals surface area contributed by atoms with Gasteiger partial charge in [0.05, 0.1) is 4.47 Å². The summed E-state index contributed by atoms with van der Waals surface area (Å²) in [7, 11) is 0. The molecule has 1 aromatic rings. The molecule has 5 heteroatoms. The molecule has 2 aliphatic rings. The Morgan fingerprint density at radius 2 is 1.77 bits per heavy atom. The van der Waals surface area contributed by atoms with E-state index in [9.17, 15) is 8.78 Å². The zero-order valence-corrected chi connectivity index (χ0v) is 14.3. The third kappa shape index (κ3) is 3.36. The minimum Gasteiger partial charge on any atom is -0.314 e. The van der Waals surface area contributed by atoms with Gasteiger partial charge in [-0.15, -0.1) is 0 Å². The van der Waals surface area contributed by atoms with Gasteiger partial charge in [-0.3, -0.25) is 4.90 Å². The van der Waals surface area contributed by atoms with Crippen molar-refractivity contribution in [2.45, 2.75) is 38.1 Å². The van der Waals surface area contributed by atoms with Gasteiger partial charge in [0.2, 0.25) is 0 Å². The summed E-state index contributed by atoms with van der Waals surface area (Å²) in [5.74, 6) is -0.478. The number of piperazine rings is 1. The van der Waals surface area contributed by atoms with Gasteiger partial charge in [0, 0.05) is 37.8 Å². The van der Waals surface area contributed by atoms with E-state index >= 15 is 0 Å². The van der Waals surface area contributed by atoms with E-state index in [1.165, 1.54) is 31.4 Å². The van der Waals surface area contributed by atoms with Gasteiger partial charge < -0.3 is 5.32 Å². The molecule has 1 saturated carbocycles. The second kappa shape index (κ2) is 7.37. The molecule has 1 aromatic carbocycles. The van der Waals surface area contributed by atoms with Crippen LogP contribution in [0.5, 0.6) is 0 Å². The van der Waals surface area contributed by atoms with Crippen LogP contribution >= 0.6 is 15.9 Å². The van der Waals surface area contributed by atoms with Crippen LogP contribution in [0.3, 0.4) is 0 Å². The number of rotatable bonds is 3. The van der Waals surface area contributed by atoms with Crippen LogP contribution in [0.1, 0.15) is 43.7 Å². The van der Waals surface area contributed by atoms with Crippen molar-refractivity contribution >= 4 is 15.9 Å². The minimum absolute atomic E-state index is 0.139. The van der Waals surface area contributed by atoms with Crippen LogP contribution in [-0.2, 0) is 0 Å². The van der Waals surface area contributed by atoms with Crippen molar-refractivity contribution in [1.82, 2.24) is 10.2 Å². The van der Waals surface area contributed by atoms with E-state index in [-0.39, 0.29) is 11.6 Å². The van der Waals surface area contributed by atoms with Crippen molar-refractivity contribution in [2.75, 3.05) is 26.2 Å². The molecule has 1 heterocycles. The summed E-state index contributed by atoms with van der Waals surface area (Å²) in [6.07, 6.45) is 5.73. The zero-order valence-electron chi connectivity index (χ0n) is 12.8. The predicted molar refractivity (Wildman–Crippen MR) is 87.8 cm³/mol. The van der Waals surface area contributed by atoms with Crippen LogP contribution in [0.25, 0.3) is 0 Å². The van der Waals surface area contributed by atoms with Crippen molar-refractivity contribution < 1.29 is 8.78 Å². The largest absolute Gasteiger partial charge is 0.314 e. The molecule has 1 saturated heterocycles. The highest BCUT2D eigenvalue weighted by molar-refractivity contribution is 9.10. The van der Waals surface area contributed by atoms with Gasteiger partial charge in [-0.05, 0) is 46.8 Å². The van der Waals surface area contributed by atoms with Crippen LogP contribution in [0.15, 0.2) is 16.6 Å². The monoisotopic (exact) mass is 372 g/mol. The maximum atomic E-state index is 14.7. The smallest absolute Gasteiger partial charge is 0.145 e. The van der Waals surface area contributed by atoms with E-state index in [0.717, 1.165) is 39.0 Å². The van der Waals surface area contributed by atoms with Crippen molar-refractivity contribution in [3.63, 3.8) is 0 Å². The minimum atomic E-state index is -0.422. The van der Waals surface area contributed by atoms with Crippen molar-refractivity contribution in [2.24, 2.45) is 5.92 Å². The van der Waals surface area contributed by atoms with Crippen molar-refractivity contribution in [3.05, 3.63) is 33.8 Å². The molecule has 1 N–H and O–H groups in total. The van der Waals surface area contributed by atoms with E-state index in [1.807, 2.05) is 0 Å². The van der Waals surface area contributed by atoms with Crippen LogP contribution in [0.2, 0.25) is 0 Å². The lowest BCUT2D eigenvalue weighted by molar-refractivity contribution is 0.0975. The number of hydrogen-bond acceptors (Lipinski definition) is 2. The molecule has 1 aliphatic heterocycles. The number of halogens is 3. The third-order valence-corrected chi connectivity index (χ3v) is 5.63. The molecule has 22 heavy (non-hydrogen) atoms. The summed E-state index contributed by atoms with van der Waals surface area (Å²) < 4.78 is 29.5. The van der Waals surface area contributed by atoms with E-state index in [2.05, 4.69) is 26.1 Å². The molecular formula is C17H23BrF2N2. The van der Waals surface area contributed by atoms with Crippen LogP contribution in [-0.4, -0.2) is 31.1 Å². The fourth-order valence-electron chi connectivity index (χ4n) is 3.94. The molecule has 0 bridgehead atoms. The maximum absolute atomic E-state index is 14.7. The van der Waals surface area contributed by atoms with E-state index in [4.69, 9.17) is 0 Å². The second-order valence-electron chi connectivity index (χ2n) is 6.39. The Morgan fingerprint density at radius 3 is 2.45 bits per heavy atom. The zero-order chi connectivity index (χ0) is 15.5. The topological polar surface area (TPSA) is 15.3 Å². The lowest BCUT2D eigenvalue weighted by atomic mass is 9.80. The molecule has 0 amide bonds. The highest BCUT2D eigenvalue weighted by atomic mass is 79.9. The van der Waals surface area contributed by atoms with E-state index < -0.39 is 11.6 Å². The van der Waals surface area contributed by atoms with E-state index in [0.29, 0.717) is 10.4 Å². The SMILES string of the molecule is Fc1ccc(Br)c(F)c1[C@H](C1CCCCC1)N1CCNCC1. The molecule has 2 fully saturated rings. The molecule has 1 atom stereocenters. The Kier molecular flexibility index (Phi) is 5.47. The first-order valence-corrected chi connectivity index (χ1v) is 9.06. The van der Waals surface area contributed by atoms with E-state index in [1.54, 1.807) is 0 Å². The summed E-state index contributed by atoms with van der Waals surface area (Å²) in [4.78, 5) is 2.28. The highest BCUT2D eigenvalue weighted by Gasteiger charge is 2.35. The first kappa shape index (κ1) is 16.3. The van der Waals surface area contributed by atoms with Crippen LogP contribution in [0, 0.1) is 17.6 Å². The van der Waals surface area contributed by atoms with Gasteiger partial charge in [-0.1, -0.05) is 19.3 Å². The second-order valence-corrected chi connectivity index (χ2v) is 7.24. The van der Waals surface area contributed by atoms with Crippen LogP contribution in [0.4, 0.5) is 8.78 Å². The average Bonchev–Trinajstić information content (AvgIpc) is 2.57. The summed E-state index contributed by atoms with van der Waals surface area (Å²) >= 11 is 3.22. The first-order chi connectivity index (χ1) is 10.7. The number of hydrogen-bond donors (Lipinski definition) is 1. The molecule has 3 rings (SSSR count). The van der Waals surface area contributed by atoms with Gasteiger partial charge in [-0.2, -0.15) is 0 Å². The Balaban J connectivity index is 1.98. The molecule has 0 unspecified atom stereocenters. The molecule has 2 nitrogen and oxygen atoms in total. The van der Waals surface area contributed by atoms with Crippen LogP contribution < -0.4 is 5.32 Å². The summed E-state index contributed by atoms with van der Waals surface area (Å²) in [5, 5.41) is 3.33. The standard InChI is InChI=1S/C17H23BrF2N2/c18-13-6-7-14(19)15(16(13)20)17(12-4-2-1-3-5-12)22-10-8-21-9-11-22/h6-7,12,17,21H,1-5,8-11H2/t17-/m0/s1. The fourth-order valence-corrected chi connectivity index (χ4v) is 4.29. The van der Waals surface area contributed by atoms with Crippen molar-refractivity contribution in [1.29, 1.82) is 0 Å². The lowest BCUT2D eigenvalue weighted by Gasteiger charge is -2.41. The maximum Gasteiger partial charge on any atom is 0.145 e. The molecular weight excluding hydrogens is 350 g/mol. The Labute approximate surface area is 139 Å². The summed E-state index contributed by atoms with van der Waals surface area (Å²) in [6.45, 7) is 3.49.